The molecule has 1 N–H and O–H groups in total. The highest BCUT2D eigenvalue weighted by molar-refractivity contribution is 5.80. The highest BCUT2D eigenvalue weighted by atomic mass is 16.7. The van der Waals surface area contributed by atoms with Gasteiger partial charge in [-0.1, -0.05) is 0 Å². The number of ether oxygens (including phenoxy) is 4. The number of nitrogens with zero attached hydrogens (tertiary/aromatic N) is 2. The third-order valence-electron chi connectivity index (χ3n) is 4.90. The van der Waals surface area contributed by atoms with Gasteiger partial charge in [0.1, 0.15) is 11.5 Å². The number of hydrogen-bond acceptors (Lipinski definition) is 7. The first-order chi connectivity index (χ1) is 15.5. The Kier molecular flexibility index (Phi) is 6.25. The van der Waals surface area contributed by atoms with Crippen LogP contribution in [0.5, 0.6) is 23.0 Å². The van der Waals surface area contributed by atoms with Crippen LogP contribution in [0.2, 0.25) is 0 Å². The first-order valence-corrected chi connectivity index (χ1v) is 10.1. The second-order valence-corrected chi connectivity index (χ2v) is 7.07. The molecule has 9 heteroatoms. The summed E-state index contributed by atoms with van der Waals surface area (Å²) in [6.45, 7) is 2.27. The first kappa shape index (κ1) is 21.2. The lowest BCUT2D eigenvalue weighted by molar-refractivity contribution is -0.127. The minimum absolute atomic E-state index is 0.169. The lowest BCUT2D eigenvalue weighted by Crippen LogP contribution is -2.39. The van der Waals surface area contributed by atoms with Crippen molar-refractivity contribution in [1.82, 2.24) is 15.1 Å². The summed E-state index contributed by atoms with van der Waals surface area (Å²) in [7, 11) is 1.60. The Balaban J connectivity index is 1.33. The van der Waals surface area contributed by atoms with Crippen molar-refractivity contribution in [3.05, 3.63) is 65.0 Å². The van der Waals surface area contributed by atoms with E-state index in [4.69, 9.17) is 18.9 Å². The van der Waals surface area contributed by atoms with Gasteiger partial charge in [0.25, 0.3) is 11.5 Å². The van der Waals surface area contributed by atoms with Crippen molar-refractivity contribution in [2.45, 2.75) is 19.6 Å². The number of aromatic nitrogens is 2. The van der Waals surface area contributed by atoms with E-state index in [0.717, 1.165) is 11.3 Å². The number of carbonyl (C=O) groups is 1. The van der Waals surface area contributed by atoms with Crippen molar-refractivity contribution in [3.8, 4) is 34.3 Å². The van der Waals surface area contributed by atoms with E-state index in [-0.39, 0.29) is 31.3 Å². The zero-order valence-corrected chi connectivity index (χ0v) is 17.7. The van der Waals surface area contributed by atoms with Crippen LogP contribution in [-0.4, -0.2) is 42.2 Å². The van der Waals surface area contributed by atoms with E-state index in [1.54, 1.807) is 38.3 Å². The molecule has 2 heterocycles. The van der Waals surface area contributed by atoms with E-state index in [1.165, 1.54) is 10.7 Å². The van der Waals surface area contributed by atoms with Gasteiger partial charge in [0, 0.05) is 24.2 Å². The molecule has 0 unspecified atom stereocenters. The zero-order chi connectivity index (χ0) is 22.5. The van der Waals surface area contributed by atoms with Gasteiger partial charge in [-0.3, -0.25) is 9.59 Å². The molecule has 2 aromatic carbocycles. The minimum atomic E-state index is -0.731. The molecule has 1 amide bonds. The van der Waals surface area contributed by atoms with Gasteiger partial charge < -0.3 is 24.3 Å². The maximum absolute atomic E-state index is 12.4. The molecule has 1 aliphatic heterocycles. The fourth-order valence-electron chi connectivity index (χ4n) is 3.16. The predicted molar refractivity (Wildman–Crippen MR) is 116 cm³/mol. The number of amides is 1. The van der Waals surface area contributed by atoms with Crippen molar-refractivity contribution in [2.24, 2.45) is 0 Å². The van der Waals surface area contributed by atoms with Gasteiger partial charge in [0.2, 0.25) is 6.79 Å². The quantitative estimate of drug-likeness (QED) is 0.577. The minimum Gasteiger partial charge on any atom is -0.497 e. The molecule has 9 nitrogen and oxygen atoms in total. The molecule has 0 bridgehead atoms. The highest BCUT2D eigenvalue weighted by Crippen LogP contribution is 2.35. The lowest BCUT2D eigenvalue weighted by Gasteiger charge is -2.15. The SMILES string of the molecule is COc1ccc(-c2ccc(=O)n(CCNC(=O)[C@H](C)Oc3ccc4c(c3)OCO4)n2)cc1. The van der Waals surface area contributed by atoms with Gasteiger partial charge in [-0.2, -0.15) is 5.10 Å². The predicted octanol–water partition coefficient (Wildman–Crippen LogP) is 2.23. The van der Waals surface area contributed by atoms with Crippen molar-refractivity contribution in [3.63, 3.8) is 0 Å². The smallest absolute Gasteiger partial charge is 0.266 e. The molecule has 32 heavy (non-hydrogen) atoms. The Morgan fingerprint density at radius 2 is 1.84 bits per heavy atom. The van der Waals surface area contributed by atoms with Crippen molar-refractivity contribution in [2.75, 3.05) is 20.4 Å². The maximum atomic E-state index is 12.4. The van der Waals surface area contributed by atoms with Crippen LogP contribution in [0.4, 0.5) is 0 Å². The Hall–Kier alpha value is -4.01. The summed E-state index contributed by atoms with van der Waals surface area (Å²) < 4.78 is 22.7. The highest BCUT2D eigenvalue weighted by Gasteiger charge is 2.18. The lowest BCUT2D eigenvalue weighted by atomic mass is 10.1. The van der Waals surface area contributed by atoms with Crippen LogP contribution < -0.4 is 29.8 Å². The van der Waals surface area contributed by atoms with E-state index < -0.39 is 6.10 Å². The summed E-state index contributed by atoms with van der Waals surface area (Å²) in [5.41, 5.74) is 1.26. The molecule has 166 valence electrons. The molecule has 0 saturated heterocycles. The molecule has 0 saturated carbocycles. The largest absolute Gasteiger partial charge is 0.497 e. The van der Waals surface area contributed by atoms with Gasteiger partial charge in [-0.05, 0) is 49.4 Å². The average molecular weight is 437 g/mol. The molecular weight excluding hydrogens is 414 g/mol. The second kappa shape index (κ2) is 9.42. The van der Waals surface area contributed by atoms with Crippen molar-refractivity contribution < 1.29 is 23.7 Å². The molecule has 1 aromatic heterocycles. The second-order valence-electron chi connectivity index (χ2n) is 7.07. The molecular formula is C23H23N3O6. The van der Waals surface area contributed by atoms with E-state index in [9.17, 15) is 9.59 Å². The van der Waals surface area contributed by atoms with Crippen LogP contribution in [-0.2, 0) is 11.3 Å². The topological polar surface area (TPSA) is 101 Å². The summed E-state index contributed by atoms with van der Waals surface area (Å²) >= 11 is 0. The Morgan fingerprint density at radius 3 is 2.62 bits per heavy atom. The molecule has 0 aliphatic carbocycles. The van der Waals surface area contributed by atoms with Gasteiger partial charge in [-0.25, -0.2) is 4.68 Å². The summed E-state index contributed by atoms with van der Waals surface area (Å²) in [6.07, 6.45) is -0.731. The van der Waals surface area contributed by atoms with Crippen molar-refractivity contribution in [1.29, 1.82) is 0 Å². The Bertz CT molecular complexity index is 1160. The first-order valence-electron chi connectivity index (χ1n) is 10.1. The number of methoxy groups -OCH3 is 1. The van der Waals surface area contributed by atoms with Gasteiger partial charge in [-0.15, -0.1) is 0 Å². The van der Waals surface area contributed by atoms with Crippen molar-refractivity contribution >= 4 is 5.91 Å². The van der Waals surface area contributed by atoms with Crippen LogP contribution >= 0.6 is 0 Å². The molecule has 4 rings (SSSR count). The van der Waals surface area contributed by atoms with E-state index in [2.05, 4.69) is 10.4 Å². The maximum Gasteiger partial charge on any atom is 0.266 e. The van der Waals surface area contributed by atoms with E-state index >= 15 is 0 Å². The number of benzene rings is 2. The van der Waals surface area contributed by atoms with Crippen LogP contribution in [0, 0.1) is 0 Å². The third kappa shape index (κ3) is 4.83. The number of carbonyl (C=O) groups excluding carboxylic acids is 1. The summed E-state index contributed by atoms with van der Waals surface area (Å²) in [6, 6.07) is 15.6. The van der Waals surface area contributed by atoms with Gasteiger partial charge in [0.05, 0.1) is 19.3 Å². The van der Waals surface area contributed by atoms with E-state index in [0.29, 0.717) is 22.9 Å². The number of rotatable bonds is 8. The molecule has 0 spiro atoms. The summed E-state index contributed by atoms with van der Waals surface area (Å²) in [5, 5.41) is 7.16. The summed E-state index contributed by atoms with van der Waals surface area (Å²) in [5.74, 6) is 2.16. The fourth-order valence-corrected chi connectivity index (χ4v) is 3.16. The molecule has 0 fully saturated rings. The number of hydrogen-bond donors (Lipinski definition) is 1. The van der Waals surface area contributed by atoms with Crippen LogP contribution in [0.15, 0.2) is 59.4 Å². The summed E-state index contributed by atoms with van der Waals surface area (Å²) in [4.78, 5) is 24.6. The van der Waals surface area contributed by atoms with E-state index in [1.807, 2.05) is 24.3 Å². The molecule has 1 aliphatic rings. The van der Waals surface area contributed by atoms with Crippen LogP contribution in [0.3, 0.4) is 0 Å². The standard InChI is InChI=1S/C23H23N3O6/c1-15(32-18-7-9-20-21(13-18)31-14-30-20)23(28)24-11-12-26-22(27)10-8-19(25-26)16-3-5-17(29-2)6-4-16/h3-10,13,15H,11-12,14H2,1-2H3,(H,24,28)/t15-/m0/s1. The average Bonchev–Trinajstić information content (AvgIpc) is 3.28. The van der Waals surface area contributed by atoms with Gasteiger partial charge >= 0.3 is 0 Å². The zero-order valence-electron chi connectivity index (χ0n) is 17.7. The van der Waals surface area contributed by atoms with Crippen LogP contribution in [0.1, 0.15) is 6.92 Å². The fraction of sp³-hybridized carbons (Fsp3) is 0.261. The van der Waals surface area contributed by atoms with Gasteiger partial charge in [0.15, 0.2) is 17.6 Å². The third-order valence-corrected chi connectivity index (χ3v) is 4.90. The monoisotopic (exact) mass is 437 g/mol. The molecule has 3 aromatic rings. The Morgan fingerprint density at radius 1 is 1.09 bits per heavy atom. The van der Waals surface area contributed by atoms with Crippen LogP contribution in [0.25, 0.3) is 11.3 Å². The molecule has 0 radical (unpaired) electrons. The Labute approximate surface area is 184 Å². The molecule has 1 atom stereocenters. The number of nitrogens with one attached hydrogen (secondary N) is 1. The normalized spacial score (nSPS) is 12.8. The number of fused-ring (bicyclic) bond motifs is 1.